The monoisotopic (exact) mass is 503 g/mol. The molecule has 0 saturated heterocycles. The first-order chi connectivity index (χ1) is 12.6. The number of amides is 2. The van der Waals surface area contributed by atoms with Crippen molar-refractivity contribution in [3.05, 3.63) is 35.4 Å². The van der Waals surface area contributed by atoms with Gasteiger partial charge in [0, 0.05) is 51.8 Å². The zero-order valence-corrected chi connectivity index (χ0v) is 20.1. The van der Waals surface area contributed by atoms with E-state index in [4.69, 9.17) is 0 Å². The maximum Gasteiger partial charge on any atom is 0.253 e. The number of carbonyl (C=O) groups excluding carboxylic acids is 2. The van der Waals surface area contributed by atoms with E-state index in [2.05, 4.69) is 20.9 Å². The van der Waals surface area contributed by atoms with Crippen LogP contribution in [0.1, 0.15) is 36.7 Å². The standard InChI is InChI=1S/C20H33N5O2.HI/c1-20(2,3)18(27)22-12-13-24-19(21-4)23-11-10-15-8-7-9-16(14-15)17(26)25(5)6;/h7-9,14H,10-13H2,1-6H3,(H,22,27)(H2,21,23,24);1H. The summed E-state index contributed by atoms with van der Waals surface area (Å²) in [5.74, 6) is 0.708. The normalized spacial score (nSPS) is 11.3. The molecule has 7 nitrogen and oxygen atoms in total. The van der Waals surface area contributed by atoms with Gasteiger partial charge in [0.1, 0.15) is 0 Å². The Hall–Kier alpha value is -1.84. The molecule has 0 aliphatic heterocycles. The summed E-state index contributed by atoms with van der Waals surface area (Å²) in [7, 11) is 5.20. The lowest BCUT2D eigenvalue weighted by molar-refractivity contribution is -0.128. The van der Waals surface area contributed by atoms with Gasteiger partial charge in [-0.1, -0.05) is 32.9 Å². The Labute approximate surface area is 185 Å². The van der Waals surface area contributed by atoms with E-state index in [1.807, 2.05) is 45.0 Å². The van der Waals surface area contributed by atoms with Crippen LogP contribution in [0.4, 0.5) is 0 Å². The molecule has 3 N–H and O–H groups in total. The summed E-state index contributed by atoms with van der Waals surface area (Å²) in [6, 6.07) is 7.65. The van der Waals surface area contributed by atoms with Crippen molar-refractivity contribution in [3.63, 3.8) is 0 Å². The average molecular weight is 503 g/mol. The number of nitrogens with one attached hydrogen (secondary N) is 3. The molecule has 0 heterocycles. The van der Waals surface area contributed by atoms with Crippen molar-refractivity contribution < 1.29 is 9.59 Å². The van der Waals surface area contributed by atoms with Crippen molar-refractivity contribution in [2.75, 3.05) is 40.8 Å². The largest absolute Gasteiger partial charge is 0.356 e. The fourth-order valence-corrected chi connectivity index (χ4v) is 2.29. The number of guanidine groups is 1. The lowest BCUT2D eigenvalue weighted by Gasteiger charge is -2.18. The van der Waals surface area contributed by atoms with E-state index >= 15 is 0 Å². The molecule has 8 heteroatoms. The Morgan fingerprint density at radius 2 is 1.64 bits per heavy atom. The number of aliphatic imine (C=N–C) groups is 1. The Balaban J connectivity index is 0.00000729. The second kappa shape index (κ2) is 12.6. The molecule has 28 heavy (non-hydrogen) atoms. The quantitative estimate of drug-likeness (QED) is 0.230. The third-order valence-corrected chi connectivity index (χ3v) is 3.89. The first kappa shape index (κ1) is 26.2. The predicted molar refractivity (Wildman–Crippen MR) is 125 cm³/mol. The molecule has 0 fully saturated rings. The molecule has 1 rings (SSSR count). The van der Waals surface area contributed by atoms with Crippen LogP contribution >= 0.6 is 24.0 Å². The van der Waals surface area contributed by atoms with E-state index in [1.165, 1.54) is 0 Å². The Morgan fingerprint density at radius 3 is 2.21 bits per heavy atom. The van der Waals surface area contributed by atoms with Crippen LogP contribution in [0.3, 0.4) is 0 Å². The Morgan fingerprint density at radius 1 is 1.04 bits per heavy atom. The smallest absolute Gasteiger partial charge is 0.253 e. The van der Waals surface area contributed by atoms with E-state index in [0.29, 0.717) is 31.2 Å². The topological polar surface area (TPSA) is 85.8 Å². The third kappa shape index (κ3) is 9.38. The zero-order valence-electron chi connectivity index (χ0n) is 17.8. The van der Waals surface area contributed by atoms with Crippen LogP contribution in [0.5, 0.6) is 0 Å². The molecule has 0 atom stereocenters. The van der Waals surface area contributed by atoms with Crippen LogP contribution in [-0.4, -0.2) is 63.5 Å². The van der Waals surface area contributed by atoms with Gasteiger partial charge in [0.2, 0.25) is 5.91 Å². The van der Waals surface area contributed by atoms with Crippen LogP contribution in [0.25, 0.3) is 0 Å². The van der Waals surface area contributed by atoms with Gasteiger partial charge in [-0.15, -0.1) is 24.0 Å². The number of rotatable bonds is 7. The molecule has 0 aliphatic rings. The summed E-state index contributed by atoms with van der Waals surface area (Å²) in [5, 5.41) is 9.30. The molecule has 158 valence electrons. The highest BCUT2D eigenvalue weighted by atomic mass is 127. The van der Waals surface area contributed by atoms with Gasteiger partial charge in [0.05, 0.1) is 0 Å². The van der Waals surface area contributed by atoms with Crippen LogP contribution in [0.2, 0.25) is 0 Å². The minimum atomic E-state index is -0.386. The number of carbonyl (C=O) groups is 2. The van der Waals surface area contributed by atoms with Gasteiger partial charge in [-0.3, -0.25) is 14.6 Å². The fraction of sp³-hybridized carbons (Fsp3) is 0.550. The summed E-state index contributed by atoms with van der Waals surface area (Å²) in [4.78, 5) is 29.6. The Bertz CT molecular complexity index is 669. The van der Waals surface area contributed by atoms with E-state index in [0.717, 1.165) is 12.0 Å². The van der Waals surface area contributed by atoms with Crippen molar-refractivity contribution in [3.8, 4) is 0 Å². The van der Waals surface area contributed by atoms with Gasteiger partial charge in [0.25, 0.3) is 5.91 Å². The van der Waals surface area contributed by atoms with Crippen LogP contribution < -0.4 is 16.0 Å². The fourth-order valence-electron chi connectivity index (χ4n) is 2.29. The van der Waals surface area contributed by atoms with Gasteiger partial charge in [-0.25, -0.2) is 0 Å². The van der Waals surface area contributed by atoms with Crippen LogP contribution in [-0.2, 0) is 11.2 Å². The first-order valence-electron chi connectivity index (χ1n) is 9.18. The molecule has 2 amide bonds. The number of benzene rings is 1. The number of nitrogens with zero attached hydrogens (tertiary/aromatic N) is 2. The summed E-state index contributed by atoms with van der Waals surface area (Å²) in [6.45, 7) is 7.47. The molecule has 0 aliphatic carbocycles. The van der Waals surface area contributed by atoms with Gasteiger partial charge in [-0.2, -0.15) is 0 Å². The van der Waals surface area contributed by atoms with Crippen molar-refractivity contribution >= 4 is 41.8 Å². The minimum absolute atomic E-state index is 0. The lowest BCUT2D eigenvalue weighted by atomic mass is 9.96. The molecular weight excluding hydrogens is 469 g/mol. The van der Waals surface area contributed by atoms with Crippen molar-refractivity contribution in [2.45, 2.75) is 27.2 Å². The van der Waals surface area contributed by atoms with Gasteiger partial charge in [0.15, 0.2) is 5.96 Å². The molecule has 0 radical (unpaired) electrons. The third-order valence-electron chi connectivity index (χ3n) is 3.89. The van der Waals surface area contributed by atoms with Crippen molar-refractivity contribution in [1.82, 2.24) is 20.9 Å². The highest BCUT2D eigenvalue weighted by Crippen LogP contribution is 2.11. The van der Waals surface area contributed by atoms with Crippen LogP contribution in [0, 0.1) is 5.41 Å². The van der Waals surface area contributed by atoms with Crippen molar-refractivity contribution in [2.24, 2.45) is 10.4 Å². The van der Waals surface area contributed by atoms with E-state index in [1.54, 1.807) is 26.0 Å². The molecule has 0 bridgehead atoms. The maximum atomic E-state index is 12.0. The SMILES string of the molecule is CN=C(NCCNC(=O)C(C)(C)C)NCCc1cccc(C(=O)N(C)C)c1.I. The zero-order chi connectivity index (χ0) is 20.4. The predicted octanol–water partition coefficient (Wildman–Crippen LogP) is 1.88. The highest BCUT2D eigenvalue weighted by Gasteiger charge is 2.20. The van der Waals surface area contributed by atoms with E-state index in [9.17, 15) is 9.59 Å². The lowest BCUT2D eigenvalue weighted by Crippen LogP contribution is -2.43. The molecule has 0 spiro atoms. The molecule has 0 aromatic heterocycles. The molecule has 0 saturated carbocycles. The van der Waals surface area contributed by atoms with E-state index < -0.39 is 0 Å². The average Bonchev–Trinajstić information content (AvgIpc) is 2.62. The minimum Gasteiger partial charge on any atom is -0.356 e. The first-order valence-corrected chi connectivity index (χ1v) is 9.18. The molecule has 0 unspecified atom stereocenters. The molecule has 1 aromatic carbocycles. The van der Waals surface area contributed by atoms with E-state index in [-0.39, 0.29) is 41.2 Å². The van der Waals surface area contributed by atoms with Gasteiger partial charge >= 0.3 is 0 Å². The van der Waals surface area contributed by atoms with Crippen molar-refractivity contribution in [1.29, 1.82) is 0 Å². The number of halogens is 1. The second-order valence-corrected chi connectivity index (χ2v) is 7.58. The summed E-state index contributed by atoms with van der Waals surface area (Å²) in [5.41, 5.74) is 1.39. The summed E-state index contributed by atoms with van der Waals surface area (Å²) in [6.07, 6.45) is 0.774. The van der Waals surface area contributed by atoms with Gasteiger partial charge < -0.3 is 20.9 Å². The summed E-state index contributed by atoms with van der Waals surface area (Å²) >= 11 is 0. The summed E-state index contributed by atoms with van der Waals surface area (Å²) < 4.78 is 0. The van der Waals surface area contributed by atoms with Crippen LogP contribution in [0.15, 0.2) is 29.3 Å². The number of hydrogen-bond acceptors (Lipinski definition) is 3. The highest BCUT2D eigenvalue weighted by molar-refractivity contribution is 14.0. The number of hydrogen-bond donors (Lipinski definition) is 3. The second-order valence-electron chi connectivity index (χ2n) is 7.58. The maximum absolute atomic E-state index is 12.0. The molecule has 1 aromatic rings. The van der Waals surface area contributed by atoms with Gasteiger partial charge in [-0.05, 0) is 24.1 Å². The molecular formula is C20H34IN5O2. The Kier molecular flexibility index (Phi) is 11.8.